The number of fused-ring (bicyclic) bond motifs is 1. The van der Waals surface area contributed by atoms with Gasteiger partial charge in [0.2, 0.25) is 0 Å². The van der Waals surface area contributed by atoms with Crippen LogP contribution in [0.1, 0.15) is 64.9 Å². The summed E-state index contributed by atoms with van der Waals surface area (Å²) in [6.45, 7) is 8.86. The first-order chi connectivity index (χ1) is 11.9. The molecule has 1 amide bonds. The van der Waals surface area contributed by atoms with Crippen LogP contribution in [0.25, 0.3) is 0 Å². The topological polar surface area (TPSA) is 52.9 Å². The molecule has 1 aliphatic rings. The lowest BCUT2D eigenvalue weighted by atomic mass is 9.69. The Kier molecular flexibility index (Phi) is 5.04. The highest BCUT2D eigenvalue weighted by Crippen LogP contribution is 2.45. The molecule has 2 aromatic rings. The minimum Gasteiger partial charge on any atom is -0.312 e. The molecule has 5 heteroatoms. The van der Waals surface area contributed by atoms with E-state index in [1.54, 1.807) is 11.3 Å². The summed E-state index contributed by atoms with van der Waals surface area (Å²) in [5.41, 5.74) is 3.13. The van der Waals surface area contributed by atoms with E-state index in [0.29, 0.717) is 16.9 Å². The van der Waals surface area contributed by atoms with Crippen LogP contribution < -0.4 is 5.32 Å². The molecule has 2 heterocycles. The maximum Gasteiger partial charge on any atom is 0.266 e. The summed E-state index contributed by atoms with van der Waals surface area (Å²) in [4.78, 5) is 14.6. The first-order valence-electron chi connectivity index (χ1n) is 8.77. The molecule has 1 N–H and O–H groups in total. The predicted octanol–water partition coefficient (Wildman–Crippen LogP) is 5.78. The second-order valence-electron chi connectivity index (χ2n) is 7.49. The summed E-state index contributed by atoms with van der Waals surface area (Å²) >= 11 is 3.04. The maximum absolute atomic E-state index is 12.5. The molecule has 25 heavy (non-hydrogen) atoms. The highest BCUT2D eigenvalue weighted by Gasteiger charge is 2.34. The zero-order chi connectivity index (χ0) is 18.2. The number of aryl methyl sites for hydroxylation is 1. The molecule has 3 rings (SSSR count). The Morgan fingerprint density at radius 1 is 1.48 bits per heavy atom. The smallest absolute Gasteiger partial charge is 0.266 e. The number of nitriles is 1. The Labute approximate surface area is 157 Å². The first kappa shape index (κ1) is 18.2. The van der Waals surface area contributed by atoms with Gasteiger partial charge in [0.25, 0.3) is 5.91 Å². The number of anilines is 1. The normalized spacial score (nSPS) is 17.0. The van der Waals surface area contributed by atoms with Crippen LogP contribution in [0.2, 0.25) is 0 Å². The molecule has 0 fully saturated rings. The summed E-state index contributed by atoms with van der Waals surface area (Å²) < 4.78 is 0. The lowest BCUT2D eigenvalue weighted by Gasteiger charge is -2.36. The Morgan fingerprint density at radius 3 is 2.84 bits per heavy atom. The molecular weight excluding hydrogens is 348 g/mol. The van der Waals surface area contributed by atoms with E-state index in [4.69, 9.17) is 0 Å². The molecular formula is C20H24N2OS2. The maximum atomic E-state index is 12.5. The van der Waals surface area contributed by atoms with Crippen molar-refractivity contribution >= 4 is 33.6 Å². The van der Waals surface area contributed by atoms with E-state index in [0.717, 1.165) is 46.7 Å². The largest absolute Gasteiger partial charge is 0.312 e. The molecule has 0 unspecified atom stereocenters. The molecule has 1 atom stereocenters. The third-order valence-electron chi connectivity index (χ3n) is 5.69. The van der Waals surface area contributed by atoms with Crippen molar-refractivity contribution in [2.24, 2.45) is 11.3 Å². The van der Waals surface area contributed by atoms with Crippen molar-refractivity contribution in [1.82, 2.24) is 0 Å². The fourth-order valence-corrected chi connectivity index (χ4v) is 5.61. The number of carbonyl (C=O) groups is 1. The van der Waals surface area contributed by atoms with Gasteiger partial charge in [-0.25, -0.2) is 0 Å². The van der Waals surface area contributed by atoms with Gasteiger partial charge in [0, 0.05) is 4.88 Å². The number of carbonyl (C=O) groups excluding carboxylic acids is 1. The third kappa shape index (κ3) is 3.38. The quantitative estimate of drug-likeness (QED) is 0.739. The standard InChI is InChI=1S/C20H24N2OS2/c1-5-20(3,4)13-6-7-14-15(11-21)19(25-16(14)10-13)22-18(23)17-12(2)8-9-24-17/h8-9,13H,5-7,10H2,1-4H3,(H,22,23)/t13-/m1/s1. The van der Waals surface area contributed by atoms with Gasteiger partial charge in [-0.3, -0.25) is 4.79 Å². The van der Waals surface area contributed by atoms with Gasteiger partial charge in [-0.15, -0.1) is 22.7 Å². The number of hydrogen-bond acceptors (Lipinski definition) is 4. The van der Waals surface area contributed by atoms with Crippen molar-refractivity contribution < 1.29 is 4.79 Å². The van der Waals surface area contributed by atoms with Crippen molar-refractivity contribution in [2.45, 2.75) is 53.4 Å². The molecule has 0 radical (unpaired) electrons. The van der Waals surface area contributed by atoms with Crippen LogP contribution in [0.3, 0.4) is 0 Å². The van der Waals surface area contributed by atoms with E-state index in [9.17, 15) is 10.1 Å². The number of hydrogen-bond donors (Lipinski definition) is 1. The fourth-order valence-electron chi connectivity index (χ4n) is 3.51. The van der Waals surface area contributed by atoms with E-state index < -0.39 is 0 Å². The van der Waals surface area contributed by atoms with E-state index in [-0.39, 0.29) is 5.91 Å². The molecule has 0 saturated heterocycles. The van der Waals surface area contributed by atoms with Crippen LogP contribution >= 0.6 is 22.7 Å². The predicted molar refractivity (Wildman–Crippen MR) is 106 cm³/mol. The lowest BCUT2D eigenvalue weighted by Crippen LogP contribution is -2.28. The van der Waals surface area contributed by atoms with Crippen LogP contribution in [-0.4, -0.2) is 5.91 Å². The minimum atomic E-state index is -0.104. The van der Waals surface area contributed by atoms with Gasteiger partial charge in [-0.2, -0.15) is 5.26 Å². The lowest BCUT2D eigenvalue weighted by molar-refractivity contribution is 0.103. The van der Waals surface area contributed by atoms with E-state index in [2.05, 4.69) is 32.2 Å². The monoisotopic (exact) mass is 372 g/mol. The average Bonchev–Trinajstić information content (AvgIpc) is 3.16. The van der Waals surface area contributed by atoms with Gasteiger partial charge in [-0.05, 0) is 60.1 Å². The Hall–Kier alpha value is -1.64. The Balaban J connectivity index is 1.87. The van der Waals surface area contributed by atoms with Crippen molar-refractivity contribution in [3.05, 3.63) is 37.9 Å². The van der Waals surface area contributed by atoms with Crippen LogP contribution in [0.15, 0.2) is 11.4 Å². The minimum absolute atomic E-state index is 0.104. The van der Waals surface area contributed by atoms with Gasteiger partial charge in [-0.1, -0.05) is 27.2 Å². The Morgan fingerprint density at radius 2 is 2.24 bits per heavy atom. The fraction of sp³-hybridized carbons (Fsp3) is 0.500. The van der Waals surface area contributed by atoms with Crippen molar-refractivity contribution in [3.63, 3.8) is 0 Å². The van der Waals surface area contributed by atoms with Crippen LogP contribution in [0.5, 0.6) is 0 Å². The summed E-state index contributed by atoms with van der Waals surface area (Å²) in [5, 5.41) is 15.3. The highest BCUT2D eigenvalue weighted by molar-refractivity contribution is 7.17. The van der Waals surface area contributed by atoms with Gasteiger partial charge in [0.15, 0.2) is 0 Å². The average molecular weight is 373 g/mol. The van der Waals surface area contributed by atoms with Crippen LogP contribution in [0, 0.1) is 29.6 Å². The number of nitrogens with zero attached hydrogens (tertiary/aromatic N) is 1. The third-order valence-corrected chi connectivity index (χ3v) is 7.87. The molecule has 0 bridgehead atoms. The summed E-state index contributed by atoms with van der Waals surface area (Å²) in [5.74, 6) is 0.534. The molecule has 0 aliphatic heterocycles. The molecule has 0 spiro atoms. The van der Waals surface area contributed by atoms with Gasteiger partial charge >= 0.3 is 0 Å². The number of amides is 1. The van der Waals surface area contributed by atoms with Crippen LogP contribution in [-0.2, 0) is 12.8 Å². The summed E-state index contributed by atoms with van der Waals surface area (Å²) in [7, 11) is 0. The number of nitrogens with one attached hydrogen (secondary N) is 1. The van der Waals surface area contributed by atoms with Crippen molar-refractivity contribution in [3.8, 4) is 6.07 Å². The number of rotatable bonds is 4. The molecule has 1 aliphatic carbocycles. The molecule has 0 aromatic carbocycles. The van der Waals surface area contributed by atoms with Gasteiger partial charge < -0.3 is 5.32 Å². The van der Waals surface area contributed by atoms with Gasteiger partial charge in [0.05, 0.1) is 10.4 Å². The van der Waals surface area contributed by atoms with Gasteiger partial charge in [0.1, 0.15) is 11.1 Å². The molecule has 2 aromatic heterocycles. The second kappa shape index (κ2) is 6.93. The zero-order valence-electron chi connectivity index (χ0n) is 15.2. The zero-order valence-corrected chi connectivity index (χ0v) is 16.9. The van der Waals surface area contributed by atoms with E-state index in [1.807, 2.05) is 18.4 Å². The summed E-state index contributed by atoms with van der Waals surface area (Å²) in [6, 6.07) is 4.28. The Bertz CT molecular complexity index is 838. The van der Waals surface area contributed by atoms with Crippen molar-refractivity contribution in [2.75, 3.05) is 5.32 Å². The highest BCUT2D eigenvalue weighted by atomic mass is 32.1. The van der Waals surface area contributed by atoms with Crippen molar-refractivity contribution in [1.29, 1.82) is 5.26 Å². The second-order valence-corrected chi connectivity index (χ2v) is 9.51. The molecule has 3 nitrogen and oxygen atoms in total. The number of thiophene rings is 2. The summed E-state index contributed by atoms with van der Waals surface area (Å²) in [6.07, 6.45) is 4.24. The SMILES string of the molecule is CCC(C)(C)[C@@H]1CCc2c(sc(NC(=O)c3sccc3C)c2C#N)C1. The molecule has 0 saturated carbocycles. The molecule has 132 valence electrons. The van der Waals surface area contributed by atoms with Crippen LogP contribution in [0.4, 0.5) is 5.00 Å². The van der Waals surface area contributed by atoms with E-state index in [1.165, 1.54) is 16.2 Å². The van der Waals surface area contributed by atoms with E-state index >= 15 is 0 Å². The first-order valence-corrected chi connectivity index (χ1v) is 10.5.